The molecule has 0 aromatic carbocycles. The van der Waals surface area contributed by atoms with Gasteiger partial charge in [0.25, 0.3) is 0 Å². The summed E-state index contributed by atoms with van der Waals surface area (Å²) in [6.45, 7) is 4.37. The Labute approximate surface area is 74.9 Å². The number of allylic oxidation sites excluding steroid dienone is 2. The Bertz CT molecular complexity index is 189. The molecule has 1 saturated carbocycles. The molecular weight excluding hydrogens is 148 g/mol. The molecule has 1 aliphatic rings. The fourth-order valence-electron chi connectivity index (χ4n) is 1.49. The quantitative estimate of drug-likeness (QED) is 0.576. The lowest BCUT2D eigenvalue weighted by Gasteiger charge is -2.12. The van der Waals surface area contributed by atoms with Crippen LogP contribution in [0.15, 0.2) is 11.6 Å². The normalized spacial score (nSPS) is 22.2. The van der Waals surface area contributed by atoms with Gasteiger partial charge in [-0.3, -0.25) is 4.79 Å². The molecule has 0 radical (unpaired) electrons. The van der Waals surface area contributed by atoms with Gasteiger partial charge in [-0.15, -0.1) is 0 Å². The average Bonchev–Trinajstić information content (AvgIpc) is 2.03. The highest BCUT2D eigenvalue weighted by Gasteiger charge is 2.13. The molecule has 12 heavy (non-hydrogen) atoms. The second-order valence-electron chi connectivity index (χ2n) is 3.99. The van der Waals surface area contributed by atoms with Crippen molar-refractivity contribution in [2.24, 2.45) is 5.92 Å². The van der Waals surface area contributed by atoms with E-state index in [1.807, 2.05) is 0 Å². The van der Waals surface area contributed by atoms with E-state index >= 15 is 0 Å². The van der Waals surface area contributed by atoms with Crippen molar-refractivity contribution < 1.29 is 4.79 Å². The summed E-state index contributed by atoms with van der Waals surface area (Å²) in [7, 11) is 0. The molecule has 68 valence electrons. The molecule has 0 N–H and O–H groups in total. The number of carbonyl (C=O) groups is 1. The topological polar surface area (TPSA) is 17.1 Å². The van der Waals surface area contributed by atoms with E-state index in [2.05, 4.69) is 19.9 Å². The van der Waals surface area contributed by atoms with Crippen LogP contribution in [0.1, 0.15) is 46.0 Å². The molecule has 1 heteroatoms. The number of ketones is 1. The summed E-state index contributed by atoms with van der Waals surface area (Å²) in [5.41, 5.74) is 1.09. The van der Waals surface area contributed by atoms with Crippen LogP contribution in [0.25, 0.3) is 0 Å². The van der Waals surface area contributed by atoms with Crippen LogP contribution in [-0.4, -0.2) is 5.78 Å². The lowest BCUT2D eigenvalue weighted by Crippen LogP contribution is -2.08. The molecule has 0 heterocycles. The third kappa shape index (κ3) is 2.80. The summed E-state index contributed by atoms with van der Waals surface area (Å²) < 4.78 is 0. The predicted octanol–water partition coefficient (Wildman–Crippen LogP) is 3.10. The van der Waals surface area contributed by atoms with Gasteiger partial charge < -0.3 is 0 Å². The zero-order valence-electron chi connectivity index (χ0n) is 8.10. The fourth-order valence-corrected chi connectivity index (χ4v) is 1.49. The Morgan fingerprint density at radius 3 is 2.58 bits per heavy atom. The Kier molecular flexibility index (Phi) is 3.51. The van der Waals surface area contributed by atoms with Crippen LogP contribution in [-0.2, 0) is 4.79 Å². The van der Waals surface area contributed by atoms with Gasteiger partial charge >= 0.3 is 0 Å². The van der Waals surface area contributed by atoms with Crippen molar-refractivity contribution in [2.75, 3.05) is 0 Å². The molecule has 1 fully saturated rings. The van der Waals surface area contributed by atoms with Gasteiger partial charge in [-0.2, -0.15) is 0 Å². The molecule has 0 spiro atoms. The zero-order chi connectivity index (χ0) is 8.97. The molecule has 0 atom stereocenters. The lowest BCUT2D eigenvalue weighted by molar-refractivity contribution is -0.116. The Morgan fingerprint density at radius 2 is 2.00 bits per heavy atom. The molecule has 1 rings (SSSR count). The van der Waals surface area contributed by atoms with Crippen LogP contribution < -0.4 is 0 Å². The molecule has 0 amide bonds. The minimum absolute atomic E-state index is 0.391. The summed E-state index contributed by atoms with van der Waals surface area (Å²) in [5, 5.41) is 0. The van der Waals surface area contributed by atoms with Crippen molar-refractivity contribution in [2.45, 2.75) is 46.0 Å². The maximum absolute atomic E-state index is 11.3. The second kappa shape index (κ2) is 4.44. The van der Waals surface area contributed by atoms with Crippen LogP contribution in [0, 0.1) is 5.92 Å². The van der Waals surface area contributed by atoms with Crippen LogP contribution in [0.3, 0.4) is 0 Å². The van der Waals surface area contributed by atoms with Gasteiger partial charge in [0, 0.05) is 6.42 Å². The van der Waals surface area contributed by atoms with Gasteiger partial charge in [0.2, 0.25) is 0 Å². The highest BCUT2D eigenvalue weighted by molar-refractivity contribution is 5.95. The lowest BCUT2D eigenvalue weighted by atomic mass is 9.92. The Balaban J connectivity index is 2.47. The third-order valence-corrected chi connectivity index (χ3v) is 2.29. The average molecular weight is 166 g/mol. The van der Waals surface area contributed by atoms with E-state index in [0.717, 1.165) is 31.3 Å². The molecule has 0 bridgehead atoms. The number of carbonyl (C=O) groups excluding carboxylic acids is 1. The summed E-state index contributed by atoms with van der Waals surface area (Å²) in [6, 6.07) is 0. The molecule has 0 aromatic heterocycles. The zero-order valence-corrected chi connectivity index (χ0v) is 8.10. The first-order valence-corrected chi connectivity index (χ1v) is 4.92. The van der Waals surface area contributed by atoms with E-state index in [4.69, 9.17) is 0 Å². The number of rotatable bonds is 2. The van der Waals surface area contributed by atoms with Gasteiger partial charge in [0.05, 0.1) is 0 Å². The molecule has 0 aliphatic heterocycles. The fraction of sp³-hybridized carbons (Fsp3) is 0.727. The van der Waals surface area contributed by atoms with Crippen molar-refractivity contribution in [3.63, 3.8) is 0 Å². The number of hydrogen-bond acceptors (Lipinski definition) is 1. The predicted molar refractivity (Wildman–Crippen MR) is 51.0 cm³/mol. The minimum Gasteiger partial charge on any atom is -0.295 e. The van der Waals surface area contributed by atoms with Gasteiger partial charge in [-0.05, 0) is 37.2 Å². The highest BCUT2D eigenvalue weighted by Crippen LogP contribution is 2.20. The molecule has 0 aromatic rings. The summed E-state index contributed by atoms with van der Waals surface area (Å²) >= 11 is 0. The molecule has 1 aliphatic carbocycles. The first-order chi connectivity index (χ1) is 5.70. The van der Waals surface area contributed by atoms with Crippen LogP contribution in [0.4, 0.5) is 0 Å². The Hall–Kier alpha value is -0.590. The maximum atomic E-state index is 11.3. The summed E-state index contributed by atoms with van der Waals surface area (Å²) in [6.07, 6.45) is 7.30. The van der Waals surface area contributed by atoms with Gasteiger partial charge in [-0.25, -0.2) is 0 Å². The Morgan fingerprint density at radius 1 is 1.33 bits per heavy atom. The second-order valence-corrected chi connectivity index (χ2v) is 3.99. The smallest absolute Gasteiger partial charge is 0.158 e. The number of hydrogen-bond donors (Lipinski definition) is 0. The van der Waals surface area contributed by atoms with E-state index < -0.39 is 0 Å². The van der Waals surface area contributed by atoms with Crippen molar-refractivity contribution in [1.29, 1.82) is 0 Å². The van der Waals surface area contributed by atoms with Crippen LogP contribution >= 0.6 is 0 Å². The largest absolute Gasteiger partial charge is 0.295 e. The van der Waals surface area contributed by atoms with Crippen LogP contribution in [0.5, 0.6) is 0 Å². The van der Waals surface area contributed by atoms with E-state index in [0.29, 0.717) is 11.7 Å². The molecule has 0 saturated heterocycles. The van der Waals surface area contributed by atoms with Crippen molar-refractivity contribution in [3.8, 4) is 0 Å². The first kappa shape index (κ1) is 9.50. The van der Waals surface area contributed by atoms with Crippen LogP contribution in [0.2, 0.25) is 0 Å². The summed E-state index contributed by atoms with van der Waals surface area (Å²) in [4.78, 5) is 11.3. The molecule has 0 unspecified atom stereocenters. The molecular formula is C11H18O. The van der Waals surface area contributed by atoms with Crippen molar-refractivity contribution in [3.05, 3.63) is 11.6 Å². The number of Topliss-reactive ketones (excluding diaryl/α,β-unsaturated/α-hetero) is 1. The van der Waals surface area contributed by atoms with Gasteiger partial charge in [0.15, 0.2) is 5.78 Å². The van der Waals surface area contributed by atoms with E-state index in [9.17, 15) is 4.79 Å². The first-order valence-electron chi connectivity index (χ1n) is 4.92. The molecule has 1 nitrogen and oxygen atoms in total. The summed E-state index contributed by atoms with van der Waals surface area (Å²) in [5.74, 6) is 1.06. The van der Waals surface area contributed by atoms with Gasteiger partial charge in [0.1, 0.15) is 0 Å². The monoisotopic (exact) mass is 166 g/mol. The van der Waals surface area contributed by atoms with E-state index in [-0.39, 0.29) is 0 Å². The third-order valence-electron chi connectivity index (χ3n) is 2.29. The maximum Gasteiger partial charge on any atom is 0.158 e. The standard InChI is InChI=1S/C11H18O/c1-9(2)7-8-10-5-3-4-6-11(10)12/h8-9H,3-7H2,1-2H3/b10-8-. The van der Waals surface area contributed by atoms with E-state index in [1.54, 1.807) is 0 Å². The van der Waals surface area contributed by atoms with Gasteiger partial charge in [-0.1, -0.05) is 19.9 Å². The minimum atomic E-state index is 0.391. The van der Waals surface area contributed by atoms with Crippen molar-refractivity contribution in [1.82, 2.24) is 0 Å². The SMILES string of the molecule is CC(C)C/C=C1/CCCCC1=O. The van der Waals surface area contributed by atoms with Crippen molar-refractivity contribution >= 4 is 5.78 Å². The highest BCUT2D eigenvalue weighted by atomic mass is 16.1. The van der Waals surface area contributed by atoms with E-state index in [1.165, 1.54) is 6.42 Å².